The third kappa shape index (κ3) is 10.1. The number of amides is 3. The average Bonchev–Trinajstić information content (AvgIpc) is 3.54. The number of piperazine rings is 1. The quantitative estimate of drug-likeness (QED) is 0.275. The van der Waals surface area contributed by atoms with Crippen LogP contribution in [0.2, 0.25) is 0 Å². The Labute approximate surface area is 304 Å². The third-order valence-corrected chi connectivity index (χ3v) is 9.46. The zero-order chi connectivity index (χ0) is 37.6. The van der Waals surface area contributed by atoms with Gasteiger partial charge in [0.1, 0.15) is 17.2 Å². The van der Waals surface area contributed by atoms with Crippen molar-refractivity contribution in [3.63, 3.8) is 0 Å². The number of methoxy groups -OCH3 is 1. The minimum absolute atomic E-state index is 0.0636. The molecule has 52 heavy (non-hydrogen) atoms. The van der Waals surface area contributed by atoms with Crippen molar-refractivity contribution < 1.29 is 37.7 Å². The highest BCUT2D eigenvalue weighted by atomic mass is 19.1. The molecule has 3 aromatic rings. The molecule has 0 aromatic heterocycles. The minimum atomic E-state index is -1.40. The van der Waals surface area contributed by atoms with E-state index >= 15 is 0 Å². The molecule has 4 atom stereocenters. The van der Waals surface area contributed by atoms with Crippen molar-refractivity contribution in [2.24, 2.45) is 0 Å². The van der Waals surface area contributed by atoms with Gasteiger partial charge in [0, 0.05) is 57.0 Å². The standard InChI is InChI=1S/C40H50F2N4O6/c1-26-16-29(21-30(17-26)38(49)45-13-9-12-33(45)25-51-5)37(48)43-34(20-28-18-31(41)22-32(42)19-28)36(47)35-24-44(23-27-10-7-6-8-11-27)14-15-46(35)39(50)52-40(2,3)4/h6-8,10-11,16-19,21-22,33-36,47H,9,12-15,20,23-25H2,1-5H3,(H,43,48)/t33-,34+,35-,36+/m1/s1. The summed E-state index contributed by atoms with van der Waals surface area (Å²) in [5.74, 6) is -2.40. The summed E-state index contributed by atoms with van der Waals surface area (Å²) >= 11 is 0. The summed E-state index contributed by atoms with van der Waals surface area (Å²) in [5, 5.41) is 15.1. The molecule has 0 bridgehead atoms. The smallest absolute Gasteiger partial charge is 0.410 e. The number of aliphatic hydroxyl groups is 1. The van der Waals surface area contributed by atoms with Crippen LogP contribution in [0.4, 0.5) is 13.6 Å². The van der Waals surface area contributed by atoms with E-state index in [1.165, 1.54) is 11.0 Å². The molecule has 0 aliphatic carbocycles. The lowest BCUT2D eigenvalue weighted by atomic mass is 9.93. The molecule has 12 heteroatoms. The minimum Gasteiger partial charge on any atom is -0.444 e. The third-order valence-electron chi connectivity index (χ3n) is 9.46. The summed E-state index contributed by atoms with van der Waals surface area (Å²) in [6.45, 7) is 9.58. The van der Waals surface area contributed by atoms with E-state index in [0.717, 1.165) is 36.6 Å². The maximum atomic E-state index is 14.4. The number of likely N-dealkylation sites (tertiary alicyclic amines) is 1. The maximum Gasteiger partial charge on any atom is 0.410 e. The Hall–Kier alpha value is -4.39. The molecule has 0 saturated carbocycles. The predicted molar refractivity (Wildman–Crippen MR) is 193 cm³/mol. The number of benzene rings is 3. The van der Waals surface area contributed by atoms with Crippen molar-refractivity contribution in [2.75, 3.05) is 39.9 Å². The van der Waals surface area contributed by atoms with Crippen molar-refractivity contribution >= 4 is 17.9 Å². The Morgan fingerprint density at radius 1 is 0.923 bits per heavy atom. The fraction of sp³-hybridized carbons (Fsp3) is 0.475. The van der Waals surface area contributed by atoms with Gasteiger partial charge in [-0.15, -0.1) is 0 Å². The Kier molecular flexibility index (Phi) is 12.7. The molecule has 3 aromatic carbocycles. The van der Waals surface area contributed by atoms with E-state index in [-0.39, 0.29) is 42.6 Å². The fourth-order valence-corrected chi connectivity index (χ4v) is 7.13. The van der Waals surface area contributed by atoms with Gasteiger partial charge in [0.2, 0.25) is 0 Å². The summed E-state index contributed by atoms with van der Waals surface area (Å²) < 4.78 is 39.9. The maximum absolute atomic E-state index is 14.4. The molecule has 0 unspecified atom stereocenters. The molecule has 2 aliphatic rings. The van der Waals surface area contributed by atoms with E-state index in [4.69, 9.17) is 9.47 Å². The van der Waals surface area contributed by atoms with Gasteiger partial charge in [0.05, 0.1) is 30.8 Å². The Morgan fingerprint density at radius 3 is 2.29 bits per heavy atom. The molecule has 2 fully saturated rings. The number of aryl methyl sites for hydroxylation is 1. The summed E-state index contributed by atoms with van der Waals surface area (Å²) in [6.07, 6.45) is -0.490. The molecule has 5 rings (SSSR count). The second kappa shape index (κ2) is 17.0. The number of hydrogen-bond donors (Lipinski definition) is 2. The number of hydrogen-bond acceptors (Lipinski definition) is 7. The van der Waals surface area contributed by atoms with Crippen molar-refractivity contribution in [2.45, 2.75) is 83.3 Å². The normalized spacial score (nSPS) is 19.3. The number of nitrogens with one attached hydrogen (secondary N) is 1. The summed E-state index contributed by atoms with van der Waals surface area (Å²) in [5.41, 5.74) is 1.67. The van der Waals surface area contributed by atoms with Crippen LogP contribution in [-0.4, -0.2) is 107 Å². The van der Waals surface area contributed by atoms with Crippen LogP contribution >= 0.6 is 0 Å². The average molecular weight is 721 g/mol. The second-order valence-electron chi connectivity index (χ2n) is 14.9. The van der Waals surface area contributed by atoms with Crippen LogP contribution in [0.3, 0.4) is 0 Å². The first-order valence-corrected chi connectivity index (χ1v) is 17.8. The molecule has 10 nitrogen and oxygen atoms in total. The summed E-state index contributed by atoms with van der Waals surface area (Å²) in [4.78, 5) is 46.6. The first kappa shape index (κ1) is 38.8. The molecule has 0 radical (unpaired) electrons. The number of halogens is 2. The summed E-state index contributed by atoms with van der Waals surface area (Å²) in [7, 11) is 1.60. The van der Waals surface area contributed by atoms with Gasteiger partial charge in [-0.1, -0.05) is 30.3 Å². The highest BCUT2D eigenvalue weighted by Crippen LogP contribution is 2.25. The highest BCUT2D eigenvalue weighted by Gasteiger charge is 2.41. The Morgan fingerprint density at radius 2 is 1.62 bits per heavy atom. The van der Waals surface area contributed by atoms with E-state index in [9.17, 15) is 28.3 Å². The van der Waals surface area contributed by atoms with Crippen LogP contribution in [0.5, 0.6) is 0 Å². The zero-order valence-electron chi connectivity index (χ0n) is 30.6. The number of aliphatic hydroxyl groups excluding tert-OH is 1. The zero-order valence-corrected chi connectivity index (χ0v) is 30.6. The topological polar surface area (TPSA) is 112 Å². The molecule has 2 N–H and O–H groups in total. The van der Waals surface area contributed by atoms with Gasteiger partial charge in [0.25, 0.3) is 11.8 Å². The molecular weight excluding hydrogens is 670 g/mol. The molecule has 3 amide bonds. The molecular formula is C40H50F2N4O6. The van der Waals surface area contributed by atoms with Crippen molar-refractivity contribution in [3.05, 3.63) is 106 Å². The lowest BCUT2D eigenvalue weighted by molar-refractivity contribution is -0.0413. The van der Waals surface area contributed by atoms with Gasteiger partial charge in [-0.2, -0.15) is 0 Å². The van der Waals surface area contributed by atoms with Crippen LogP contribution < -0.4 is 5.32 Å². The van der Waals surface area contributed by atoms with E-state index < -0.39 is 47.4 Å². The number of ether oxygens (including phenoxy) is 2. The van der Waals surface area contributed by atoms with Gasteiger partial charge < -0.3 is 24.8 Å². The highest BCUT2D eigenvalue weighted by molar-refractivity contribution is 6.00. The first-order chi connectivity index (χ1) is 24.7. The van der Waals surface area contributed by atoms with Gasteiger partial charge in [-0.05, 0) is 94.0 Å². The van der Waals surface area contributed by atoms with Crippen LogP contribution in [-0.2, 0) is 22.4 Å². The molecule has 2 saturated heterocycles. The van der Waals surface area contributed by atoms with Gasteiger partial charge >= 0.3 is 6.09 Å². The van der Waals surface area contributed by atoms with Gasteiger partial charge in [0.15, 0.2) is 0 Å². The van der Waals surface area contributed by atoms with Crippen molar-refractivity contribution in [3.8, 4) is 0 Å². The second-order valence-corrected chi connectivity index (χ2v) is 14.9. The number of carbonyl (C=O) groups is 3. The lowest BCUT2D eigenvalue weighted by Gasteiger charge is -2.45. The van der Waals surface area contributed by atoms with Gasteiger partial charge in [-0.25, -0.2) is 13.6 Å². The van der Waals surface area contributed by atoms with Crippen LogP contribution in [0.1, 0.15) is 71.0 Å². The number of carbonyl (C=O) groups excluding carboxylic acids is 3. The number of rotatable bonds is 11. The predicted octanol–water partition coefficient (Wildman–Crippen LogP) is 5.35. The first-order valence-electron chi connectivity index (χ1n) is 17.8. The Bertz CT molecular complexity index is 1700. The SMILES string of the molecule is COC[C@H]1CCCN1C(=O)c1cc(C)cc(C(=O)N[C@@H](Cc2cc(F)cc(F)c2)[C@H](O)[C@H]2CN(Cc3ccccc3)CCN2C(=O)OC(C)(C)C)c1. The van der Waals surface area contributed by atoms with Crippen LogP contribution in [0.15, 0.2) is 66.7 Å². The van der Waals surface area contributed by atoms with Crippen molar-refractivity contribution in [1.82, 2.24) is 20.0 Å². The Balaban J connectivity index is 1.46. The molecule has 0 spiro atoms. The number of nitrogens with zero attached hydrogens (tertiary/aromatic N) is 3. The fourth-order valence-electron chi connectivity index (χ4n) is 7.13. The van der Waals surface area contributed by atoms with E-state index in [0.29, 0.717) is 37.4 Å². The monoisotopic (exact) mass is 720 g/mol. The summed E-state index contributed by atoms with van der Waals surface area (Å²) in [6, 6.07) is 15.7. The molecule has 2 aliphatic heterocycles. The van der Waals surface area contributed by atoms with E-state index in [1.54, 1.807) is 51.8 Å². The van der Waals surface area contributed by atoms with Crippen LogP contribution in [0.25, 0.3) is 0 Å². The largest absolute Gasteiger partial charge is 0.444 e. The van der Waals surface area contributed by atoms with Crippen LogP contribution in [0, 0.1) is 18.6 Å². The lowest BCUT2D eigenvalue weighted by Crippen LogP contribution is -2.64. The van der Waals surface area contributed by atoms with Crippen molar-refractivity contribution in [1.29, 1.82) is 0 Å². The van der Waals surface area contributed by atoms with E-state index in [2.05, 4.69) is 10.2 Å². The molecule has 280 valence electrons. The van der Waals surface area contributed by atoms with Gasteiger partial charge in [-0.3, -0.25) is 19.4 Å². The van der Waals surface area contributed by atoms with E-state index in [1.807, 2.05) is 30.3 Å². The molecule has 2 heterocycles.